The first-order valence-electron chi connectivity index (χ1n) is 6.29. The summed E-state index contributed by atoms with van der Waals surface area (Å²) in [5.74, 6) is 0.868. The number of aromatic nitrogens is 1. The van der Waals surface area contributed by atoms with Gasteiger partial charge in [-0.25, -0.2) is 4.79 Å². The second-order valence-corrected chi connectivity index (χ2v) is 6.00. The lowest BCUT2D eigenvalue weighted by molar-refractivity contribution is 0.261. The van der Waals surface area contributed by atoms with Crippen LogP contribution in [0.1, 0.15) is 26.5 Å². The molecule has 6 nitrogen and oxygen atoms in total. The fourth-order valence-electron chi connectivity index (χ4n) is 1.57. The van der Waals surface area contributed by atoms with Crippen molar-refractivity contribution in [2.75, 3.05) is 10.6 Å². The first-order valence-corrected chi connectivity index (χ1v) is 6.67. The Morgan fingerprint density at radius 2 is 2.00 bits per heavy atom. The molecule has 0 aliphatic carbocycles. The number of urea groups is 1. The summed E-state index contributed by atoms with van der Waals surface area (Å²) >= 11 is 5.80. The number of phenolic OH excluding ortho intramolecular Hbond substituents is 1. The maximum absolute atomic E-state index is 11.8. The first kappa shape index (κ1) is 15.2. The molecule has 2 amide bonds. The van der Waals surface area contributed by atoms with Gasteiger partial charge in [-0.3, -0.25) is 5.32 Å². The molecule has 112 valence electrons. The maximum atomic E-state index is 11.8. The summed E-state index contributed by atoms with van der Waals surface area (Å²) in [5, 5.41) is 18.8. The zero-order valence-corrected chi connectivity index (χ0v) is 12.7. The Labute approximate surface area is 127 Å². The van der Waals surface area contributed by atoms with Gasteiger partial charge in [-0.2, -0.15) is 0 Å². The SMILES string of the molecule is CC(C)(C)c1cc(NC(=O)Nc2cc(Cl)ccc2O)no1. The number of carbonyl (C=O) groups excluding carboxylic acids is 1. The molecule has 0 spiro atoms. The zero-order valence-electron chi connectivity index (χ0n) is 11.9. The van der Waals surface area contributed by atoms with Crippen molar-refractivity contribution in [1.29, 1.82) is 0 Å². The van der Waals surface area contributed by atoms with Crippen molar-refractivity contribution >= 4 is 29.1 Å². The Kier molecular flexibility index (Phi) is 4.09. The molecule has 21 heavy (non-hydrogen) atoms. The van der Waals surface area contributed by atoms with Crippen LogP contribution in [0.25, 0.3) is 0 Å². The monoisotopic (exact) mass is 309 g/mol. The van der Waals surface area contributed by atoms with Crippen molar-refractivity contribution in [2.45, 2.75) is 26.2 Å². The predicted octanol–water partition coefficient (Wildman–Crippen LogP) is 3.98. The smallest absolute Gasteiger partial charge is 0.325 e. The average molecular weight is 310 g/mol. The van der Waals surface area contributed by atoms with E-state index in [1.165, 1.54) is 18.2 Å². The Morgan fingerprint density at radius 3 is 2.62 bits per heavy atom. The molecule has 0 radical (unpaired) electrons. The average Bonchev–Trinajstić information content (AvgIpc) is 2.82. The minimum atomic E-state index is -0.554. The number of carbonyl (C=O) groups is 1. The number of halogens is 1. The van der Waals surface area contributed by atoms with Gasteiger partial charge >= 0.3 is 6.03 Å². The van der Waals surface area contributed by atoms with E-state index in [1.54, 1.807) is 6.07 Å². The van der Waals surface area contributed by atoms with Gasteiger partial charge in [0.15, 0.2) is 5.82 Å². The van der Waals surface area contributed by atoms with E-state index in [9.17, 15) is 9.90 Å². The lowest BCUT2D eigenvalue weighted by atomic mass is 9.93. The number of nitrogens with zero attached hydrogens (tertiary/aromatic N) is 1. The highest BCUT2D eigenvalue weighted by Crippen LogP contribution is 2.27. The summed E-state index contributed by atoms with van der Waals surface area (Å²) in [5.41, 5.74) is 0.00814. The van der Waals surface area contributed by atoms with E-state index < -0.39 is 6.03 Å². The minimum absolute atomic E-state index is 0.0786. The van der Waals surface area contributed by atoms with Gasteiger partial charge < -0.3 is 14.9 Å². The van der Waals surface area contributed by atoms with Crippen LogP contribution in [0.5, 0.6) is 5.75 Å². The number of anilines is 2. The van der Waals surface area contributed by atoms with E-state index in [0.717, 1.165) is 0 Å². The van der Waals surface area contributed by atoms with Crippen molar-refractivity contribution < 1.29 is 14.4 Å². The predicted molar refractivity (Wildman–Crippen MR) is 81.0 cm³/mol. The molecule has 2 rings (SSSR count). The molecule has 2 aromatic rings. The van der Waals surface area contributed by atoms with Gasteiger partial charge in [-0.15, -0.1) is 0 Å². The molecule has 1 aromatic carbocycles. The van der Waals surface area contributed by atoms with Gasteiger partial charge in [-0.1, -0.05) is 37.5 Å². The second-order valence-electron chi connectivity index (χ2n) is 5.57. The molecule has 0 fully saturated rings. The lowest BCUT2D eigenvalue weighted by Crippen LogP contribution is -2.19. The Balaban J connectivity index is 2.05. The van der Waals surface area contributed by atoms with Crippen molar-refractivity contribution in [2.24, 2.45) is 0 Å². The highest BCUT2D eigenvalue weighted by Gasteiger charge is 2.20. The molecule has 1 heterocycles. The Bertz CT molecular complexity index is 662. The van der Waals surface area contributed by atoms with E-state index >= 15 is 0 Å². The number of hydrogen-bond donors (Lipinski definition) is 3. The van der Waals surface area contributed by atoms with E-state index in [-0.39, 0.29) is 16.9 Å². The van der Waals surface area contributed by atoms with Gasteiger partial charge in [0, 0.05) is 16.5 Å². The third-order valence-corrected chi connectivity index (χ3v) is 2.93. The lowest BCUT2D eigenvalue weighted by Gasteiger charge is -2.12. The van der Waals surface area contributed by atoms with E-state index in [0.29, 0.717) is 16.6 Å². The molecule has 0 aliphatic rings. The third-order valence-electron chi connectivity index (χ3n) is 2.70. The van der Waals surface area contributed by atoms with E-state index in [1.807, 2.05) is 20.8 Å². The summed E-state index contributed by atoms with van der Waals surface area (Å²) < 4.78 is 5.16. The molecule has 7 heteroatoms. The topological polar surface area (TPSA) is 87.4 Å². The number of phenols is 1. The number of aromatic hydroxyl groups is 1. The summed E-state index contributed by atoms with van der Waals surface area (Å²) in [6.45, 7) is 5.92. The Morgan fingerprint density at radius 1 is 1.29 bits per heavy atom. The number of amides is 2. The zero-order chi connectivity index (χ0) is 15.6. The fraction of sp³-hybridized carbons (Fsp3) is 0.286. The van der Waals surface area contributed by atoms with Crippen LogP contribution in [-0.2, 0) is 5.41 Å². The number of hydrogen-bond acceptors (Lipinski definition) is 4. The largest absolute Gasteiger partial charge is 0.506 e. The summed E-state index contributed by atoms with van der Waals surface area (Å²) in [4.78, 5) is 11.8. The van der Waals surface area contributed by atoms with Gasteiger partial charge in [0.25, 0.3) is 0 Å². The number of nitrogens with one attached hydrogen (secondary N) is 2. The van der Waals surface area contributed by atoms with Crippen molar-refractivity contribution in [3.05, 3.63) is 35.0 Å². The second kappa shape index (κ2) is 5.65. The quantitative estimate of drug-likeness (QED) is 0.732. The van der Waals surface area contributed by atoms with E-state index in [2.05, 4.69) is 15.8 Å². The summed E-state index contributed by atoms with van der Waals surface area (Å²) in [6, 6.07) is 5.46. The van der Waals surface area contributed by atoms with Crippen LogP contribution >= 0.6 is 11.6 Å². The highest BCUT2D eigenvalue weighted by atomic mass is 35.5. The van der Waals surface area contributed by atoms with Crippen molar-refractivity contribution in [1.82, 2.24) is 5.16 Å². The third kappa shape index (κ3) is 3.88. The standard InChI is InChI=1S/C14H16ClN3O3/c1-14(2,3)11-7-12(18-21-11)17-13(20)16-9-6-8(15)4-5-10(9)19/h4-7,19H,1-3H3,(H2,16,17,18,20). The van der Waals surface area contributed by atoms with Gasteiger partial charge in [-0.05, 0) is 18.2 Å². The molecule has 1 aromatic heterocycles. The van der Waals surface area contributed by atoms with Crippen LogP contribution in [0.2, 0.25) is 5.02 Å². The molecule has 0 saturated heterocycles. The van der Waals surface area contributed by atoms with Crippen LogP contribution in [0.3, 0.4) is 0 Å². The van der Waals surface area contributed by atoms with Crippen molar-refractivity contribution in [3.8, 4) is 5.75 Å². The Hall–Kier alpha value is -2.21. The normalized spacial score (nSPS) is 11.2. The van der Waals surface area contributed by atoms with Crippen LogP contribution in [0.4, 0.5) is 16.3 Å². The highest BCUT2D eigenvalue weighted by molar-refractivity contribution is 6.31. The molecular formula is C14H16ClN3O3. The molecule has 3 N–H and O–H groups in total. The fourth-order valence-corrected chi connectivity index (χ4v) is 1.74. The minimum Gasteiger partial charge on any atom is -0.506 e. The number of rotatable bonds is 2. The maximum Gasteiger partial charge on any atom is 0.325 e. The van der Waals surface area contributed by atoms with Crippen LogP contribution < -0.4 is 10.6 Å². The molecule has 0 aliphatic heterocycles. The van der Waals surface area contributed by atoms with Gasteiger partial charge in [0.2, 0.25) is 0 Å². The van der Waals surface area contributed by atoms with E-state index in [4.69, 9.17) is 16.1 Å². The van der Waals surface area contributed by atoms with Crippen LogP contribution in [0.15, 0.2) is 28.8 Å². The van der Waals surface area contributed by atoms with Crippen molar-refractivity contribution in [3.63, 3.8) is 0 Å². The molecule has 0 unspecified atom stereocenters. The molecule has 0 bridgehead atoms. The molecule has 0 atom stereocenters. The molecular weight excluding hydrogens is 294 g/mol. The number of benzene rings is 1. The summed E-state index contributed by atoms with van der Waals surface area (Å²) in [7, 11) is 0. The first-order chi connectivity index (χ1) is 9.75. The molecule has 0 saturated carbocycles. The van der Waals surface area contributed by atoms with Gasteiger partial charge in [0.1, 0.15) is 11.5 Å². The van der Waals surface area contributed by atoms with Crippen LogP contribution in [0, 0.1) is 0 Å². The van der Waals surface area contributed by atoms with Gasteiger partial charge in [0.05, 0.1) is 5.69 Å². The summed E-state index contributed by atoms with van der Waals surface area (Å²) in [6.07, 6.45) is 0. The van der Waals surface area contributed by atoms with Crippen LogP contribution in [-0.4, -0.2) is 16.3 Å².